The van der Waals surface area contributed by atoms with Crippen molar-refractivity contribution in [3.05, 3.63) is 0 Å². The predicted molar refractivity (Wildman–Crippen MR) is 219 cm³/mol. The van der Waals surface area contributed by atoms with Gasteiger partial charge in [0.15, 0.2) is 0 Å². The van der Waals surface area contributed by atoms with Gasteiger partial charge in [-0.05, 0) is 62.3 Å². The maximum Gasteiger partial charge on any atom is 0.627 e. The molecule has 0 saturated carbocycles. The van der Waals surface area contributed by atoms with E-state index in [-0.39, 0.29) is 0 Å². The van der Waals surface area contributed by atoms with Gasteiger partial charge in [0.1, 0.15) is 24.7 Å². The fourth-order valence-corrected chi connectivity index (χ4v) is 25.7. The smallest absolute Gasteiger partial charge is 0.357 e. The Hall–Kier alpha value is -0.649. The summed E-state index contributed by atoms with van der Waals surface area (Å²) < 4.78 is 65.5. The molecule has 0 unspecified atom stereocenters. The van der Waals surface area contributed by atoms with Gasteiger partial charge in [0.2, 0.25) is 17.8 Å². The van der Waals surface area contributed by atoms with Crippen LogP contribution in [0.5, 0.6) is 0 Å². The van der Waals surface area contributed by atoms with E-state index < -0.39 is 51.6 Å². The molecule has 1 heterocycles. The van der Waals surface area contributed by atoms with Crippen LogP contribution in [-0.4, -0.2) is 126 Å². The zero-order chi connectivity index (χ0) is 39.3. The first kappa shape index (κ1) is 48.4. The van der Waals surface area contributed by atoms with Crippen LogP contribution in [0.1, 0.15) is 62.3 Å². The standard InChI is InChI=1S/C30H72N6O9Si6/c1-19-37-49(38-20-2,39-21-3)34(46(10,11)12)28-31-29(35(47(13,14)15)50(40-22-4,41-23-5)42-24-6)33-30(32-28)36(48(16,17)18)51(43-25-7,44-26-8)45-27-9/h19-27H2,1-18H3. The SMILES string of the molecule is CCO[Si](OCC)(OCC)N(c1nc(N([Si](C)(C)C)[Si](OCC)(OCC)OCC)nc(N([Si](C)(C)C)[Si](OCC)(OCC)OCC)n1)[Si](C)(C)C. The van der Waals surface area contributed by atoms with Crippen molar-refractivity contribution in [3.63, 3.8) is 0 Å². The van der Waals surface area contributed by atoms with E-state index in [2.05, 4.69) is 71.6 Å². The third-order valence-electron chi connectivity index (χ3n) is 6.97. The Morgan fingerprint density at radius 2 is 0.451 bits per heavy atom. The van der Waals surface area contributed by atoms with E-state index >= 15 is 0 Å². The number of rotatable bonds is 27. The molecule has 0 aliphatic heterocycles. The number of nitrogens with zero attached hydrogens (tertiary/aromatic N) is 6. The molecule has 0 atom stereocenters. The van der Waals surface area contributed by atoms with E-state index in [1.807, 2.05) is 62.3 Å². The van der Waals surface area contributed by atoms with Crippen LogP contribution in [0, 0.1) is 0 Å². The van der Waals surface area contributed by atoms with E-state index in [1.54, 1.807) is 0 Å². The molecule has 0 spiro atoms. The molecule has 300 valence electrons. The van der Waals surface area contributed by atoms with Crippen LogP contribution in [-0.2, 0) is 39.8 Å². The van der Waals surface area contributed by atoms with Gasteiger partial charge in [-0.3, -0.25) is 0 Å². The van der Waals surface area contributed by atoms with Gasteiger partial charge in [-0.15, -0.1) is 0 Å². The summed E-state index contributed by atoms with van der Waals surface area (Å²) >= 11 is 0. The highest BCUT2D eigenvalue weighted by Gasteiger charge is 2.60. The van der Waals surface area contributed by atoms with E-state index in [1.165, 1.54) is 0 Å². The second kappa shape index (κ2) is 20.9. The van der Waals surface area contributed by atoms with Gasteiger partial charge in [0.25, 0.3) is 0 Å². The first-order valence-electron chi connectivity index (χ1n) is 18.7. The molecule has 0 saturated heterocycles. The van der Waals surface area contributed by atoms with Crippen molar-refractivity contribution in [2.24, 2.45) is 0 Å². The van der Waals surface area contributed by atoms with Gasteiger partial charge in [-0.1, -0.05) is 58.9 Å². The van der Waals surface area contributed by atoms with Crippen molar-refractivity contribution in [1.82, 2.24) is 15.0 Å². The van der Waals surface area contributed by atoms with Crippen LogP contribution in [0.3, 0.4) is 0 Å². The maximum atomic E-state index is 6.57. The molecular formula is C30H72N6O9Si6. The van der Waals surface area contributed by atoms with Crippen LogP contribution < -0.4 is 12.7 Å². The third-order valence-corrected chi connectivity index (χ3v) is 28.2. The molecule has 0 aromatic carbocycles. The minimum absolute atomic E-state index is 0.377. The molecule has 0 fully saturated rings. The molecule has 1 rings (SSSR count). The lowest BCUT2D eigenvalue weighted by atomic mass is 10.8. The lowest BCUT2D eigenvalue weighted by molar-refractivity contribution is 0.0725. The van der Waals surface area contributed by atoms with E-state index in [9.17, 15) is 0 Å². The summed E-state index contributed by atoms with van der Waals surface area (Å²) in [6.07, 6.45) is 0. The Labute approximate surface area is 316 Å². The average Bonchev–Trinajstić information content (AvgIpc) is 2.96. The Bertz CT molecular complexity index is 962. The highest BCUT2D eigenvalue weighted by Crippen LogP contribution is 2.37. The normalized spacial score (nSPS) is 13.5. The van der Waals surface area contributed by atoms with Crippen LogP contribution in [0.2, 0.25) is 58.9 Å². The molecule has 0 amide bonds. The summed E-state index contributed by atoms with van der Waals surface area (Å²) in [7, 11) is -18.3. The summed E-state index contributed by atoms with van der Waals surface area (Å²) in [5, 5.41) is 0. The summed E-state index contributed by atoms with van der Waals surface area (Å²) in [4.78, 5) is 16.0. The number of anilines is 3. The summed E-state index contributed by atoms with van der Waals surface area (Å²) in [5.41, 5.74) is 0. The first-order chi connectivity index (χ1) is 23.7. The largest absolute Gasteiger partial charge is 0.627 e. The zero-order valence-corrected chi connectivity index (χ0v) is 41.2. The van der Waals surface area contributed by atoms with E-state index in [4.69, 9.17) is 54.8 Å². The minimum Gasteiger partial charge on any atom is -0.357 e. The van der Waals surface area contributed by atoms with Crippen molar-refractivity contribution >= 4 is 69.4 Å². The van der Waals surface area contributed by atoms with E-state index in [0.717, 1.165) is 0 Å². The lowest BCUT2D eigenvalue weighted by Gasteiger charge is -2.48. The molecule has 51 heavy (non-hydrogen) atoms. The third kappa shape index (κ3) is 12.2. The number of hydrogen-bond acceptors (Lipinski definition) is 15. The van der Waals surface area contributed by atoms with E-state index in [0.29, 0.717) is 77.3 Å². The Balaban J connectivity index is 4.80. The predicted octanol–water partition coefficient (Wildman–Crippen LogP) is 6.43. The molecule has 0 radical (unpaired) electrons. The molecule has 0 aliphatic carbocycles. The molecule has 0 bridgehead atoms. The maximum absolute atomic E-state index is 6.57. The van der Waals surface area contributed by atoms with Gasteiger partial charge in [0, 0.05) is 59.5 Å². The topological polar surface area (TPSA) is 131 Å². The monoisotopic (exact) mass is 828 g/mol. The quantitative estimate of drug-likeness (QED) is 0.0903. The van der Waals surface area contributed by atoms with Crippen molar-refractivity contribution in [3.8, 4) is 0 Å². The Kier molecular flexibility index (Phi) is 19.8. The first-order valence-corrected chi connectivity index (χ1v) is 34.0. The second-order valence-electron chi connectivity index (χ2n) is 14.2. The highest BCUT2D eigenvalue weighted by molar-refractivity contribution is 6.95. The molecule has 1 aromatic rings. The minimum atomic E-state index is -3.63. The number of hydrogen-bond donors (Lipinski definition) is 0. The average molecular weight is 829 g/mol. The van der Waals surface area contributed by atoms with Gasteiger partial charge in [0.05, 0.1) is 0 Å². The zero-order valence-electron chi connectivity index (χ0n) is 35.2. The van der Waals surface area contributed by atoms with Gasteiger partial charge in [-0.25, -0.2) is 0 Å². The van der Waals surface area contributed by atoms with Crippen molar-refractivity contribution in [2.45, 2.75) is 121 Å². The molecule has 21 heteroatoms. The summed E-state index contributed by atoms with van der Waals surface area (Å²) in [6.45, 7) is 40.8. The van der Waals surface area contributed by atoms with Crippen LogP contribution in [0.15, 0.2) is 0 Å². The van der Waals surface area contributed by atoms with Gasteiger partial charge in [-0.2, -0.15) is 15.0 Å². The Morgan fingerprint density at radius 3 is 0.549 bits per heavy atom. The van der Waals surface area contributed by atoms with Crippen molar-refractivity contribution in [2.75, 3.05) is 72.2 Å². The van der Waals surface area contributed by atoms with Crippen LogP contribution >= 0.6 is 0 Å². The van der Waals surface area contributed by atoms with Crippen molar-refractivity contribution < 1.29 is 39.8 Å². The molecule has 0 N–H and O–H groups in total. The Morgan fingerprint density at radius 1 is 0.314 bits per heavy atom. The molecule has 0 aliphatic rings. The van der Waals surface area contributed by atoms with Crippen molar-refractivity contribution in [1.29, 1.82) is 0 Å². The van der Waals surface area contributed by atoms with Gasteiger partial charge < -0.3 is 52.5 Å². The van der Waals surface area contributed by atoms with Gasteiger partial charge >= 0.3 is 26.9 Å². The fraction of sp³-hybridized carbons (Fsp3) is 0.900. The summed E-state index contributed by atoms with van der Waals surface area (Å²) in [6, 6.07) is 0. The highest BCUT2D eigenvalue weighted by atomic mass is 28.5. The van der Waals surface area contributed by atoms with Crippen LogP contribution in [0.25, 0.3) is 0 Å². The molecule has 15 nitrogen and oxygen atoms in total. The van der Waals surface area contributed by atoms with Crippen LogP contribution in [0.4, 0.5) is 17.8 Å². The lowest BCUT2D eigenvalue weighted by Crippen LogP contribution is -2.72. The molecule has 1 aromatic heterocycles. The summed E-state index contributed by atoms with van der Waals surface area (Å²) in [5.74, 6) is 1.13. The number of aromatic nitrogens is 3. The molecular weight excluding hydrogens is 757 g/mol. The fourth-order valence-electron chi connectivity index (χ4n) is 5.74. The second-order valence-corrected chi connectivity index (χ2v) is 37.0.